The summed E-state index contributed by atoms with van der Waals surface area (Å²) < 4.78 is 92.0. The molecule has 3 heterocycles. The van der Waals surface area contributed by atoms with E-state index in [-0.39, 0.29) is 23.3 Å². The molecular weight excluding hydrogens is 518 g/mol. The molecule has 0 saturated carbocycles. The molecule has 0 aliphatic carbocycles. The van der Waals surface area contributed by atoms with Crippen LogP contribution in [0.5, 0.6) is 11.5 Å². The molecule has 7 nitrogen and oxygen atoms in total. The summed E-state index contributed by atoms with van der Waals surface area (Å²) in [5.74, 6) is -0.249. The van der Waals surface area contributed by atoms with Crippen LogP contribution in [-0.2, 0) is 6.18 Å². The highest BCUT2D eigenvalue weighted by atomic mass is 35.5. The zero-order chi connectivity index (χ0) is 25.8. The summed E-state index contributed by atoms with van der Waals surface area (Å²) in [6.45, 7) is 0.00317. The van der Waals surface area contributed by atoms with Crippen molar-refractivity contribution in [3.63, 3.8) is 0 Å². The minimum absolute atomic E-state index is 0.00317. The maximum atomic E-state index is 13.9. The van der Waals surface area contributed by atoms with E-state index in [0.717, 1.165) is 18.2 Å². The maximum absolute atomic E-state index is 13.9. The zero-order valence-electron chi connectivity index (χ0n) is 17.9. The molecule has 0 spiro atoms. The molecule has 2 N–H and O–H groups in total. The normalized spacial score (nSPS) is 19.0. The van der Waals surface area contributed by atoms with Crippen molar-refractivity contribution in [1.82, 2.24) is 9.78 Å². The summed E-state index contributed by atoms with van der Waals surface area (Å²) in [5, 5.41) is 8.73. The van der Waals surface area contributed by atoms with Crippen LogP contribution in [0, 0.1) is 0 Å². The van der Waals surface area contributed by atoms with E-state index in [1.807, 2.05) is 0 Å². The summed E-state index contributed by atoms with van der Waals surface area (Å²) in [4.78, 5) is 12.7. The number of hydrogen-bond acceptors (Lipinski definition) is 5. The van der Waals surface area contributed by atoms with Crippen LogP contribution >= 0.6 is 11.6 Å². The molecule has 3 aromatic rings. The van der Waals surface area contributed by atoms with Crippen molar-refractivity contribution in [2.75, 3.05) is 17.4 Å². The van der Waals surface area contributed by atoms with E-state index >= 15 is 0 Å². The van der Waals surface area contributed by atoms with E-state index in [2.05, 4.69) is 15.7 Å². The van der Waals surface area contributed by atoms with Crippen LogP contribution in [0.4, 0.5) is 37.8 Å². The van der Waals surface area contributed by atoms with Crippen LogP contribution in [0.15, 0.2) is 42.5 Å². The number of benzene rings is 2. The summed E-state index contributed by atoms with van der Waals surface area (Å²) in [7, 11) is 0. The molecule has 14 heteroatoms. The fourth-order valence-electron chi connectivity index (χ4n) is 4.02. The Kier molecular flexibility index (Phi) is 5.69. The molecule has 36 heavy (non-hydrogen) atoms. The third-order valence-electron chi connectivity index (χ3n) is 5.76. The number of carbonyl (C=O) groups is 1. The summed E-state index contributed by atoms with van der Waals surface area (Å²) in [6.07, 6.45) is -9.82. The number of carbonyl (C=O) groups excluding carboxylic acids is 1. The number of rotatable bonds is 3. The topological polar surface area (TPSA) is 77.4 Å². The van der Waals surface area contributed by atoms with Gasteiger partial charge in [0.2, 0.25) is 6.79 Å². The van der Waals surface area contributed by atoms with Gasteiger partial charge in [-0.2, -0.15) is 31.4 Å². The monoisotopic (exact) mass is 532 g/mol. The summed E-state index contributed by atoms with van der Waals surface area (Å²) >= 11 is 5.90. The van der Waals surface area contributed by atoms with Gasteiger partial charge in [0.25, 0.3) is 5.91 Å². The maximum Gasteiger partial charge on any atom is 0.416 e. The fraction of sp³-hybridized carbons (Fsp3) is 0.273. The highest BCUT2D eigenvalue weighted by molar-refractivity contribution is 6.33. The molecule has 2 aliphatic heterocycles. The molecule has 190 valence electrons. The Balaban J connectivity index is 1.44. The Labute approximate surface area is 203 Å². The first-order valence-corrected chi connectivity index (χ1v) is 10.8. The Morgan fingerprint density at radius 3 is 2.53 bits per heavy atom. The number of amides is 1. The lowest BCUT2D eigenvalue weighted by atomic mass is 9.96. The van der Waals surface area contributed by atoms with Gasteiger partial charge in [0.15, 0.2) is 23.2 Å². The van der Waals surface area contributed by atoms with E-state index < -0.39 is 48.0 Å². The standard InChI is InChI=1S/C22H15ClF6N4O3/c23-12-3-2-11(21(24,25)26)6-14(12)31-20(34)15-8-19-30-13(7-18(22(27,28)29)33(19)32-15)10-1-4-16-17(5-10)36-9-35-16/h1-6,8,13,18,30H,7,9H2,(H,31,34)/t13-,18-/m0/s1. The van der Waals surface area contributed by atoms with Crippen molar-refractivity contribution in [3.05, 3.63) is 64.3 Å². The minimum Gasteiger partial charge on any atom is -0.454 e. The van der Waals surface area contributed by atoms with E-state index in [9.17, 15) is 31.1 Å². The van der Waals surface area contributed by atoms with Crippen molar-refractivity contribution >= 4 is 29.0 Å². The van der Waals surface area contributed by atoms with Gasteiger partial charge in [-0.25, -0.2) is 4.68 Å². The Bertz CT molecular complexity index is 1340. The van der Waals surface area contributed by atoms with Crippen LogP contribution in [0.25, 0.3) is 0 Å². The Hall–Kier alpha value is -3.61. The van der Waals surface area contributed by atoms with E-state index in [4.69, 9.17) is 21.1 Å². The van der Waals surface area contributed by atoms with Gasteiger partial charge in [-0.15, -0.1) is 0 Å². The van der Waals surface area contributed by atoms with Crippen LogP contribution < -0.4 is 20.1 Å². The number of ether oxygens (including phenoxy) is 2. The van der Waals surface area contributed by atoms with Crippen molar-refractivity contribution in [3.8, 4) is 11.5 Å². The first kappa shape index (κ1) is 24.1. The third kappa shape index (κ3) is 4.50. The number of anilines is 2. The van der Waals surface area contributed by atoms with Gasteiger partial charge in [-0.05, 0) is 35.9 Å². The average molecular weight is 533 g/mol. The van der Waals surface area contributed by atoms with Gasteiger partial charge in [-0.1, -0.05) is 17.7 Å². The molecule has 0 bridgehead atoms. The van der Waals surface area contributed by atoms with Crippen LogP contribution in [0.1, 0.15) is 40.1 Å². The van der Waals surface area contributed by atoms with E-state index in [1.165, 1.54) is 0 Å². The largest absolute Gasteiger partial charge is 0.454 e. The van der Waals surface area contributed by atoms with Gasteiger partial charge < -0.3 is 20.1 Å². The van der Waals surface area contributed by atoms with Gasteiger partial charge in [0, 0.05) is 12.5 Å². The van der Waals surface area contributed by atoms with E-state index in [0.29, 0.717) is 27.8 Å². The molecule has 0 fully saturated rings. The fourth-order valence-corrected chi connectivity index (χ4v) is 4.18. The van der Waals surface area contributed by atoms with Crippen molar-refractivity contribution in [1.29, 1.82) is 0 Å². The number of alkyl halides is 6. The van der Waals surface area contributed by atoms with Crippen molar-refractivity contribution in [2.45, 2.75) is 30.9 Å². The lowest BCUT2D eigenvalue weighted by molar-refractivity contribution is -0.173. The van der Waals surface area contributed by atoms with E-state index in [1.54, 1.807) is 18.2 Å². The van der Waals surface area contributed by atoms with Crippen LogP contribution in [0.3, 0.4) is 0 Å². The average Bonchev–Trinajstić information content (AvgIpc) is 3.44. The summed E-state index contributed by atoms with van der Waals surface area (Å²) in [6, 6.07) is 5.31. The number of fused-ring (bicyclic) bond motifs is 2. The second kappa shape index (κ2) is 8.50. The molecule has 0 saturated heterocycles. The molecule has 0 radical (unpaired) electrons. The van der Waals surface area contributed by atoms with Crippen molar-refractivity contribution in [2.24, 2.45) is 0 Å². The minimum atomic E-state index is -4.70. The second-order valence-electron chi connectivity index (χ2n) is 8.11. The van der Waals surface area contributed by atoms with Gasteiger partial charge in [0.1, 0.15) is 5.82 Å². The molecule has 1 amide bonds. The van der Waals surface area contributed by atoms with Crippen LogP contribution in [0.2, 0.25) is 5.02 Å². The number of nitrogens with one attached hydrogen (secondary N) is 2. The number of hydrogen-bond donors (Lipinski definition) is 2. The highest BCUT2D eigenvalue weighted by Crippen LogP contribution is 2.45. The number of nitrogens with zero attached hydrogens (tertiary/aromatic N) is 2. The first-order valence-electron chi connectivity index (χ1n) is 10.4. The molecule has 5 rings (SSSR count). The lowest BCUT2D eigenvalue weighted by Gasteiger charge is -2.33. The number of aromatic nitrogens is 2. The number of halogens is 7. The zero-order valence-corrected chi connectivity index (χ0v) is 18.6. The first-order chi connectivity index (χ1) is 16.9. The second-order valence-corrected chi connectivity index (χ2v) is 8.52. The molecule has 1 aromatic heterocycles. The lowest BCUT2D eigenvalue weighted by Crippen LogP contribution is -2.35. The molecule has 2 aliphatic rings. The Morgan fingerprint density at radius 2 is 1.81 bits per heavy atom. The third-order valence-corrected chi connectivity index (χ3v) is 6.09. The van der Waals surface area contributed by atoms with Crippen molar-refractivity contribution < 1.29 is 40.6 Å². The predicted molar refractivity (Wildman–Crippen MR) is 115 cm³/mol. The molecular formula is C22H15ClF6N4O3. The predicted octanol–water partition coefficient (Wildman–Crippen LogP) is 6.20. The molecule has 2 atom stereocenters. The highest BCUT2D eigenvalue weighted by Gasteiger charge is 2.47. The summed E-state index contributed by atoms with van der Waals surface area (Å²) in [5.41, 5.74) is -1.35. The van der Waals surface area contributed by atoms with Crippen LogP contribution in [-0.4, -0.2) is 28.7 Å². The SMILES string of the molecule is O=C(Nc1cc(C(F)(F)F)ccc1Cl)c1cc2n(n1)[C@H](C(F)(F)F)C[C@@H](c1ccc3c(c1)OCO3)N2. The van der Waals surface area contributed by atoms with Gasteiger partial charge >= 0.3 is 12.4 Å². The van der Waals surface area contributed by atoms with Gasteiger partial charge in [0.05, 0.1) is 22.3 Å². The smallest absolute Gasteiger partial charge is 0.416 e. The van der Waals surface area contributed by atoms with Gasteiger partial charge in [-0.3, -0.25) is 4.79 Å². The quantitative estimate of drug-likeness (QED) is 0.393. The molecule has 0 unspecified atom stereocenters. The Morgan fingerprint density at radius 1 is 1.06 bits per heavy atom. The molecule has 2 aromatic carbocycles.